The zero-order chi connectivity index (χ0) is 12.5. The fourth-order valence-electron chi connectivity index (χ4n) is 2.42. The lowest BCUT2D eigenvalue weighted by Gasteiger charge is -2.19. The Labute approximate surface area is 107 Å². The van der Waals surface area contributed by atoms with Crippen LogP contribution in [-0.2, 0) is 10.2 Å². The van der Waals surface area contributed by atoms with Crippen molar-refractivity contribution in [3.8, 4) is 0 Å². The summed E-state index contributed by atoms with van der Waals surface area (Å²) in [6.45, 7) is 4.96. The molecule has 0 unspecified atom stereocenters. The van der Waals surface area contributed by atoms with Gasteiger partial charge in [-0.2, -0.15) is 0 Å². The number of hydrogen-bond acceptors (Lipinski definition) is 1. The monoisotopic (exact) mass is 251 g/mol. The number of carbonyl (C=O) groups is 1. The van der Waals surface area contributed by atoms with Gasteiger partial charge in [-0.15, -0.1) is 11.6 Å². The van der Waals surface area contributed by atoms with Crippen LogP contribution in [0.5, 0.6) is 0 Å². The van der Waals surface area contributed by atoms with E-state index in [1.54, 1.807) is 0 Å². The average Bonchev–Trinajstić information content (AvgIpc) is 3.07. The van der Waals surface area contributed by atoms with Gasteiger partial charge < -0.3 is 5.32 Å². The van der Waals surface area contributed by atoms with Gasteiger partial charge in [0.2, 0.25) is 5.91 Å². The van der Waals surface area contributed by atoms with Gasteiger partial charge in [-0.25, -0.2) is 0 Å². The number of carbonyl (C=O) groups excluding carboxylic acids is 1. The van der Waals surface area contributed by atoms with Gasteiger partial charge in [-0.05, 0) is 37.8 Å². The Morgan fingerprint density at radius 1 is 1.41 bits per heavy atom. The maximum absolute atomic E-state index is 11.2. The zero-order valence-electron chi connectivity index (χ0n) is 10.3. The molecule has 2 rings (SSSR count). The van der Waals surface area contributed by atoms with Crippen LogP contribution in [0.15, 0.2) is 18.2 Å². The third kappa shape index (κ3) is 2.63. The molecule has 92 valence electrons. The molecule has 1 amide bonds. The Hall–Kier alpha value is -1.02. The second-order valence-corrected chi connectivity index (χ2v) is 5.28. The highest BCUT2D eigenvalue weighted by atomic mass is 35.5. The Bertz CT molecular complexity index is 438. The molecule has 3 heteroatoms. The minimum Gasteiger partial charge on any atom is -0.354 e. The highest BCUT2D eigenvalue weighted by Gasteiger charge is 2.45. The van der Waals surface area contributed by atoms with Crippen LogP contribution in [0.3, 0.4) is 0 Å². The van der Waals surface area contributed by atoms with Gasteiger partial charge in [0.1, 0.15) is 5.88 Å². The Kier molecular flexibility index (Phi) is 3.43. The van der Waals surface area contributed by atoms with Crippen molar-refractivity contribution < 1.29 is 4.79 Å². The number of amides is 1. The minimum atomic E-state index is -0.0808. The van der Waals surface area contributed by atoms with E-state index in [2.05, 4.69) is 37.4 Å². The van der Waals surface area contributed by atoms with E-state index in [9.17, 15) is 4.79 Å². The van der Waals surface area contributed by atoms with Crippen LogP contribution in [0.2, 0.25) is 0 Å². The Balaban J connectivity index is 2.13. The van der Waals surface area contributed by atoms with Crippen LogP contribution < -0.4 is 5.32 Å². The van der Waals surface area contributed by atoms with Crippen LogP contribution in [-0.4, -0.2) is 18.3 Å². The van der Waals surface area contributed by atoms with Gasteiger partial charge in [0.05, 0.1) is 0 Å². The molecule has 1 aliphatic rings. The standard InChI is InChI=1S/C14H18ClNO/c1-10-3-4-12(11(2)7-10)14(5-6-14)9-16-13(17)8-15/h3-4,7H,5-6,8-9H2,1-2H3,(H,16,17). The predicted molar refractivity (Wildman–Crippen MR) is 70.6 cm³/mol. The molecule has 0 saturated heterocycles. The lowest BCUT2D eigenvalue weighted by Crippen LogP contribution is -2.33. The summed E-state index contributed by atoms with van der Waals surface area (Å²) >= 11 is 5.49. The lowest BCUT2D eigenvalue weighted by molar-refractivity contribution is -0.118. The van der Waals surface area contributed by atoms with Gasteiger partial charge in [0.15, 0.2) is 0 Å². The summed E-state index contributed by atoms with van der Waals surface area (Å²) in [5.41, 5.74) is 4.15. The van der Waals surface area contributed by atoms with Gasteiger partial charge in [-0.1, -0.05) is 23.8 Å². The third-order valence-electron chi connectivity index (χ3n) is 3.55. The van der Waals surface area contributed by atoms with Crippen molar-refractivity contribution in [3.05, 3.63) is 34.9 Å². The van der Waals surface area contributed by atoms with Crippen molar-refractivity contribution in [2.24, 2.45) is 0 Å². The number of hydrogen-bond donors (Lipinski definition) is 1. The highest BCUT2D eigenvalue weighted by molar-refractivity contribution is 6.27. The molecule has 1 aliphatic carbocycles. The molecule has 0 radical (unpaired) electrons. The number of halogens is 1. The number of benzene rings is 1. The summed E-state index contributed by atoms with van der Waals surface area (Å²) in [5.74, 6) is -0.0362. The van der Waals surface area contributed by atoms with E-state index >= 15 is 0 Å². The van der Waals surface area contributed by atoms with Crippen molar-refractivity contribution in [3.63, 3.8) is 0 Å². The molecule has 2 nitrogen and oxygen atoms in total. The summed E-state index contributed by atoms with van der Waals surface area (Å²) in [6, 6.07) is 6.55. The second kappa shape index (κ2) is 4.69. The highest BCUT2D eigenvalue weighted by Crippen LogP contribution is 2.48. The summed E-state index contributed by atoms with van der Waals surface area (Å²) in [5, 5.41) is 2.90. The smallest absolute Gasteiger partial charge is 0.234 e. The molecule has 0 atom stereocenters. The van der Waals surface area contributed by atoms with Crippen molar-refractivity contribution in [2.45, 2.75) is 32.1 Å². The first-order valence-electron chi connectivity index (χ1n) is 5.98. The fourth-order valence-corrected chi connectivity index (χ4v) is 2.51. The number of rotatable bonds is 4. The van der Waals surface area contributed by atoms with Crippen molar-refractivity contribution in [1.82, 2.24) is 5.32 Å². The zero-order valence-corrected chi connectivity index (χ0v) is 11.1. The van der Waals surface area contributed by atoms with Crippen molar-refractivity contribution >= 4 is 17.5 Å². The molecule has 0 bridgehead atoms. The Morgan fingerprint density at radius 3 is 2.65 bits per heavy atom. The topological polar surface area (TPSA) is 29.1 Å². The van der Waals surface area contributed by atoms with E-state index in [1.165, 1.54) is 16.7 Å². The largest absolute Gasteiger partial charge is 0.354 e. The first kappa shape index (κ1) is 12.4. The summed E-state index contributed by atoms with van der Waals surface area (Å²) in [6.07, 6.45) is 2.30. The van der Waals surface area contributed by atoms with Crippen LogP contribution in [0, 0.1) is 13.8 Å². The fraction of sp³-hybridized carbons (Fsp3) is 0.500. The summed E-state index contributed by atoms with van der Waals surface area (Å²) in [4.78, 5) is 11.2. The average molecular weight is 252 g/mol. The van der Waals surface area contributed by atoms with Crippen molar-refractivity contribution in [2.75, 3.05) is 12.4 Å². The van der Waals surface area contributed by atoms with Gasteiger partial charge >= 0.3 is 0 Å². The normalized spacial score (nSPS) is 16.6. The van der Waals surface area contributed by atoms with E-state index in [0.29, 0.717) is 6.54 Å². The predicted octanol–water partition coefficient (Wildman–Crippen LogP) is 2.69. The molecular formula is C14H18ClNO. The van der Waals surface area contributed by atoms with E-state index in [4.69, 9.17) is 11.6 Å². The summed E-state index contributed by atoms with van der Waals surface area (Å²) < 4.78 is 0. The SMILES string of the molecule is Cc1ccc(C2(CNC(=O)CCl)CC2)c(C)c1. The molecule has 1 saturated carbocycles. The minimum absolute atomic E-state index is 0.0446. The molecular weight excluding hydrogens is 234 g/mol. The van der Waals surface area contributed by atoms with E-state index in [0.717, 1.165) is 12.8 Å². The van der Waals surface area contributed by atoms with Crippen molar-refractivity contribution in [1.29, 1.82) is 0 Å². The number of nitrogens with one attached hydrogen (secondary N) is 1. The molecule has 0 spiro atoms. The van der Waals surface area contributed by atoms with E-state index in [-0.39, 0.29) is 17.2 Å². The van der Waals surface area contributed by atoms with Crippen LogP contribution in [0.4, 0.5) is 0 Å². The van der Waals surface area contributed by atoms with Gasteiger partial charge in [-0.3, -0.25) is 4.79 Å². The maximum Gasteiger partial charge on any atom is 0.234 e. The third-order valence-corrected chi connectivity index (χ3v) is 3.79. The first-order valence-corrected chi connectivity index (χ1v) is 6.51. The second-order valence-electron chi connectivity index (χ2n) is 5.01. The molecule has 1 fully saturated rings. The number of alkyl halides is 1. The lowest BCUT2D eigenvalue weighted by atomic mass is 9.91. The molecule has 1 aromatic rings. The molecule has 0 aliphatic heterocycles. The van der Waals surface area contributed by atoms with Crippen LogP contribution in [0.1, 0.15) is 29.5 Å². The molecule has 1 N–H and O–H groups in total. The van der Waals surface area contributed by atoms with Gasteiger partial charge in [0.25, 0.3) is 0 Å². The van der Waals surface area contributed by atoms with Gasteiger partial charge in [0, 0.05) is 12.0 Å². The quantitative estimate of drug-likeness (QED) is 0.819. The molecule has 0 heterocycles. The maximum atomic E-state index is 11.2. The molecule has 1 aromatic carbocycles. The summed E-state index contributed by atoms with van der Waals surface area (Å²) in [7, 11) is 0. The number of aryl methyl sites for hydroxylation is 2. The van der Waals surface area contributed by atoms with Crippen LogP contribution >= 0.6 is 11.6 Å². The van der Waals surface area contributed by atoms with Crippen LogP contribution in [0.25, 0.3) is 0 Å². The molecule has 17 heavy (non-hydrogen) atoms. The molecule has 0 aromatic heterocycles. The Morgan fingerprint density at radius 2 is 2.12 bits per heavy atom. The van der Waals surface area contributed by atoms with E-state index < -0.39 is 0 Å². The van der Waals surface area contributed by atoms with E-state index in [1.807, 2.05) is 0 Å². The first-order chi connectivity index (χ1) is 8.07.